The van der Waals surface area contributed by atoms with Gasteiger partial charge in [-0.1, -0.05) is 32.9 Å². The van der Waals surface area contributed by atoms with Gasteiger partial charge in [-0.25, -0.2) is 0 Å². The normalized spacial score (nSPS) is 10.4. The maximum Gasteiger partial charge on any atom is 0.243 e. The van der Waals surface area contributed by atoms with Crippen LogP contribution >= 0.6 is 0 Å². The third-order valence-corrected chi connectivity index (χ3v) is 3.32. The van der Waals surface area contributed by atoms with Gasteiger partial charge < -0.3 is 15.5 Å². The fourth-order valence-electron chi connectivity index (χ4n) is 2.26. The van der Waals surface area contributed by atoms with Crippen LogP contribution in [0.25, 0.3) is 0 Å². The summed E-state index contributed by atoms with van der Waals surface area (Å²) >= 11 is 0. The van der Waals surface area contributed by atoms with E-state index < -0.39 is 0 Å². The zero-order chi connectivity index (χ0) is 18.1. The molecule has 0 aromatic heterocycles. The summed E-state index contributed by atoms with van der Waals surface area (Å²) < 4.78 is 0. The van der Waals surface area contributed by atoms with Crippen LogP contribution in [0.3, 0.4) is 0 Å². The average Bonchev–Trinajstić information content (AvgIpc) is 2.51. The summed E-state index contributed by atoms with van der Waals surface area (Å²) in [6.07, 6.45) is 0.355. The molecule has 0 spiro atoms. The first kappa shape index (κ1) is 19.7. The van der Waals surface area contributed by atoms with E-state index in [4.69, 9.17) is 0 Å². The molecule has 0 heterocycles. The Labute approximate surface area is 143 Å². The summed E-state index contributed by atoms with van der Waals surface area (Å²) in [5.41, 5.74) is 1.73. The quantitative estimate of drug-likeness (QED) is 0.763. The van der Waals surface area contributed by atoms with E-state index in [0.717, 1.165) is 5.56 Å². The van der Waals surface area contributed by atoms with E-state index in [1.165, 1.54) is 4.90 Å². The first-order valence-electron chi connectivity index (χ1n) is 8.22. The van der Waals surface area contributed by atoms with Crippen molar-refractivity contribution in [1.29, 1.82) is 0 Å². The molecule has 24 heavy (non-hydrogen) atoms. The molecule has 6 nitrogen and oxygen atoms in total. The lowest BCUT2D eigenvalue weighted by Gasteiger charge is -2.23. The summed E-state index contributed by atoms with van der Waals surface area (Å²) in [6.45, 7) is 8.06. The molecule has 6 heteroatoms. The Morgan fingerprint density at radius 3 is 2.46 bits per heavy atom. The van der Waals surface area contributed by atoms with Gasteiger partial charge in [0.05, 0.1) is 13.1 Å². The minimum absolute atomic E-state index is 0.0252. The Morgan fingerprint density at radius 2 is 1.88 bits per heavy atom. The Kier molecular flexibility index (Phi) is 7.95. The second kappa shape index (κ2) is 9.70. The van der Waals surface area contributed by atoms with Crippen molar-refractivity contribution < 1.29 is 14.4 Å². The van der Waals surface area contributed by atoms with Crippen molar-refractivity contribution in [3.8, 4) is 0 Å². The maximum atomic E-state index is 12.0. The summed E-state index contributed by atoms with van der Waals surface area (Å²) in [6, 6.07) is 7.43. The molecule has 0 fully saturated rings. The number of carbonyl (C=O) groups is 3. The van der Waals surface area contributed by atoms with Crippen molar-refractivity contribution in [3.63, 3.8) is 0 Å². The number of aryl methyl sites for hydroxylation is 1. The van der Waals surface area contributed by atoms with Gasteiger partial charge in [-0.2, -0.15) is 0 Å². The monoisotopic (exact) mass is 333 g/mol. The molecule has 0 atom stereocenters. The van der Waals surface area contributed by atoms with Gasteiger partial charge in [0.15, 0.2) is 0 Å². The molecule has 0 aliphatic rings. The summed E-state index contributed by atoms with van der Waals surface area (Å²) in [5.74, 6) is -0.427. The van der Waals surface area contributed by atoms with Gasteiger partial charge in [0.1, 0.15) is 0 Å². The number of hydrogen-bond acceptors (Lipinski definition) is 3. The second-order valence-corrected chi connectivity index (χ2v) is 6.22. The van der Waals surface area contributed by atoms with Crippen molar-refractivity contribution in [2.75, 3.05) is 25.0 Å². The van der Waals surface area contributed by atoms with Gasteiger partial charge >= 0.3 is 0 Å². The van der Waals surface area contributed by atoms with Crippen LogP contribution in [-0.2, 0) is 14.4 Å². The van der Waals surface area contributed by atoms with E-state index in [1.807, 2.05) is 39.0 Å². The van der Waals surface area contributed by atoms with Crippen LogP contribution in [0.4, 0.5) is 5.69 Å². The lowest BCUT2D eigenvalue weighted by atomic mass is 10.2. The molecule has 1 rings (SSSR count). The minimum Gasteiger partial charge on any atom is -0.345 e. The predicted octanol–water partition coefficient (Wildman–Crippen LogP) is 1.94. The van der Waals surface area contributed by atoms with Gasteiger partial charge in [-0.3, -0.25) is 14.4 Å². The summed E-state index contributed by atoms with van der Waals surface area (Å²) in [7, 11) is 0. The van der Waals surface area contributed by atoms with E-state index in [1.54, 1.807) is 13.0 Å². The number of nitrogens with one attached hydrogen (secondary N) is 2. The van der Waals surface area contributed by atoms with Crippen molar-refractivity contribution in [1.82, 2.24) is 10.2 Å². The van der Waals surface area contributed by atoms with Crippen molar-refractivity contribution in [2.45, 2.75) is 34.1 Å². The third-order valence-electron chi connectivity index (χ3n) is 3.32. The highest BCUT2D eigenvalue weighted by molar-refractivity contribution is 5.95. The lowest BCUT2D eigenvalue weighted by molar-refractivity contribution is -0.136. The number of carbonyl (C=O) groups excluding carboxylic acids is 3. The van der Waals surface area contributed by atoms with Crippen LogP contribution in [0.2, 0.25) is 0 Å². The highest BCUT2D eigenvalue weighted by Crippen LogP contribution is 2.08. The summed E-state index contributed by atoms with van der Waals surface area (Å²) in [4.78, 5) is 37.2. The van der Waals surface area contributed by atoms with Crippen LogP contribution in [0, 0.1) is 12.8 Å². The van der Waals surface area contributed by atoms with E-state index >= 15 is 0 Å². The van der Waals surface area contributed by atoms with Crippen LogP contribution in [0.1, 0.15) is 32.8 Å². The largest absolute Gasteiger partial charge is 0.345 e. The van der Waals surface area contributed by atoms with Gasteiger partial charge in [-0.05, 0) is 30.5 Å². The molecule has 0 aliphatic heterocycles. The molecule has 0 saturated carbocycles. The SMILES string of the molecule is CCC(=O)N(CC(=O)NCC(=O)Nc1cccc(C)c1)CC(C)C. The molecule has 0 unspecified atom stereocenters. The van der Waals surface area contributed by atoms with Crippen molar-refractivity contribution in [3.05, 3.63) is 29.8 Å². The van der Waals surface area contributed by atoms with Crippen LogP contribution in [0.15, 0.2) is 24.3 Å². The fraction of sp³-hybridized carbons (Fsp3) is 0.500. The first-order chi connectivity index (χ1) is 11.3. The molecular weight excluding hydrogens is 306 g/mol. The Hall–Kier alpha value is -2.37. The summed E-state index contributed by atoms with van der Waals surface area (Å²) in [5, 5.41) is 5.28. The number of amides is 3. The molecule has 0 aliphatic carbocycles. The lowest BCUT2D eigenvalue weighted by Crippen LogP contribution is -2.44. The van der Waals surface area contributed by atoms with Gasteiger partial charge in [0.2, 0.25) is 17.7 Å². The third kappa shape index (κ3) is 7.26. The molecular formula is C18H27N3O3. The smallest absolute Gasteiger partial charge is 0.243 e. The van der Waals surface area contributed by atoms with Gasteiger partial charge in [0.25, 0.3) is 0 Å². The van der Waals surface area contributed by atoms with Crippen molar-refractivity contribution in [2.24, 2.45) is 5.92 Å². The zero-order valence-electron chi connectivity index (χ0n) is 14.9. The second-order valence-electron chi connectivity index (χ2n) is 6.22. The minimum atomic E-state index is -0.336. The number of benzene rings is 1. The van der Waals surface area contributed by atoms with Crippen molar-refractivity contribution >= 4 is 23.4 Å². The average molecular weight is 333 g/mol. The molecule has 0 radical (unpaired) electrons. The first-order valence-corrected chi connectivity index (χ1v) is 8.22. The molecule has 3 amide bonds. The van der Waals surface area contributed by atoms with Crippen LogP contribution < -0.4 is 10.6 Å². The van der Waals surface area contributed by atoms with Gasteiger partial charge in [0, 0.05) is 18.7 Å². The molecule has 2 N–H and O–H groups in total. The van der Waals surface area contributed by atoms with Crippen LogP contribution in [-0.4, -0.2) is 42.3 Å². The Balaban J connectivity index is 2.46. The molecule has 0 saturated heterocycles. The highest BCUT2D eigenvalue weighted by atomic mass is 16.2. The van der Waals surface area contributed by atoms with E-state index in [0.29, 0.717) is 18.7 Å². The molecule has 0 bridgehead atoms. The number of hydrogen-bond donors (Lipinski definition) is 2. The Morgan fingerprint density at radius 1 is 1.17 bits per heavy atom. The molecule has 1 aromatic rings. The Bertz CT molecular complexity index is 585. The topological polar surface area (TPSA) is 78.5 Å². The van der Waals surface area contributed by atoms with E-state index in [9.17, 15) is 14.4 Å². The molecule has 132 valence electrons. The molecule has 1 aromatic carbocycles. The van der Waals surface area contributed by atoms with E-state index in [-0.39, 0.29) is 36.7 Å². The predicted molar refractivity (Wildman–Crippen MR) is 94.5 cm³/mol. The highest BCUT2D eigenvalue weighted by Gasteiger charge is 2.17. The van der Waals surface area contributed by atoms with Crippen LogP contribution in [0.5, 0.6) is 0 Å². The standard InChI is InChI=1S/C18H27N3O3/c1-5-18(24)21(11-13(2)3)12-17(23)19-10-16(22)20-15-8-6-7-14(4)9-15/h6-9,13H,5,10-12H2,1-4H3,(H,19,23)(H,20,22). The number of anilines is 1. The number of rotatable bonds is 8. The fourth-order valence-corrected chi connectivity index (χ4v) is 2.26. The number of nitrogens with zero attached hydrogens (tertiary/aromatic N) is 1. The van der Waals surface area contributed by atoms with Gasteiger partial charge in [-0.15, -0.1) is 0 Å². The van der Waals surface area contributed by atoms with E-state index in [2.05, 4.69) is 10.6 Å². The zero-order valence-corrected chi connectivity index (χ0v) is 14.9. The maximum absolute atomic E-state index is 12.0.